The van der Waals surface area contributed by atoms with Crippen molar-refractivity contribution in [1.82, 2.24) is 4.90 Å². The lowest BCUT2D eigenvalue weighted by atomic mass is 9.97. The van der Waals surface area contributed by atoms with Gasteiger partial charge in [0.1, 0.15) is 0 Å². The first-order valence-electron chi connectivity index (χ1n) is 7.28. The number of nitrogens with two attached hydrogens (primary N) is 2. The number of halogens is 2. The molecule has 24 heavy (non-hydrogen) atoms. The van der Waals surface area contributed by atoms with E-state index in [0.717, 1.165) is 0 Å². The number of esters is 1. The molecular weight excluding hydrogens is 357 g/mol. The summed E-state index contributed by atoms with van der Waals surface area (Å²) in [6.45, 7) is 0.260. The van der Waals surface area contributed by atoms with Gasteiger partial charge in [-0.2, -0.15) is 0 Å². The first kappa shape index (κ1) is 18.4. The topological polar surface area (TPSA) is 116 Å². The van der Waals surface area contributed by atoms with Gasteiger partial charge in [0, 0.05) is 18.1 Å². The number of anilines is 1. The van der Waals surface area contributed by atoms with Crippen LogP contribution in [0.1, 0.15) is 23.2 Å². The molecule has 1 aromatic rings. The molecule has 1 aromatic carbocycles. The Morgan fingerprint density at radius 2 is 2.00 bits per heavy atom. The van der Waals surface area contributed by atoms with Crippen molar-refractivity contribution >= 4 is 46.7 Å². The van der Waals surface area contributed by atoms with E-state index in [4.69, 9.17) is 39.4 Å². The summed E-state index contributed by atoms with van der Waals surface area (Å²) in [5, 5.41) is 0.355. The van der Waals surface area contributed by atoms with Crippen molar-refractivity contribution in [3.8, 4) is 0 Å². The van der Waals surface area contributed by atoms with Crippen molar-refractivity contribution in [2.45, 2.75) is 12.8 Å². The van der Waals surface area contributed by atoms with E-state index in [1.165, 1.54) is 17.0 Å². The van der Waals surface area contributed by atoms with Crippen LogP contribution in [0.15, 0.2) is 12.1 Å². The second-order valence-electron chi connectivity index (χ2n) is 5.51. The Balaban J connectivity index is 1.96. The fraction of sp³-hybridized carbons (Fsp3) is 0.400. The largest absolute Gasteiger partial charge is 0.452 e. The zero-order valence-corrected chi connectivity index (χ0v) is 14.3. The standard InChI is InChI=1S/C15H17Cl2N3O4/c16-9-4-10(13(18)11(17)5-9)15(23)24-7-12(21)20-3-1-2-8(6-20)14(19)22/h4-5,8H,1-3,6-7,18H2,(H2,19,22)/t8-/m1/s1. The zero-order valence-electron chi connectivity index (χ0n) is 12.8. The number of nitrogens with zero attached hydrogens (tertiary/aromatic N) is 1. The number of carbonyl (C=O) groups is 3. The fourth-order valence-corrected chi connectivity index (χ4v) is 2.98. The van der Waals surface area contributed by atoms with Crippen LogP contribution in [0, 0.1) is 5.92 Å². The maximum absolute atomic E-state index is 12.1. The van der Waals surface area contributed by atoms with Crippen LogP contribution in [0.4, 0.5) is 5.69 Å². The van der Waals surface area contributed by atoms with Crippen LogP contribution in [0.2, 0.25) is 10.0 Å². The van der Waals surface area contributed by atoms with E-state index in [1.54, 1.807) is 0 Å². The van der Waals surface area contributed by atoms with Crippen LogP contribution < -0.4 is 11.5 Å². The van der Waals surface area contributed by atoms with Crippen molar-refractivity contribution in [3.05, 3.63) is 27.7 Å². The molecule has 0 bridgehead atoms. The van der Waals surface area contributed by atoms with Crippen LogP contribution in [0.3, 0.4) is 0 Å². The van der Waals surface area contributed by atoms with Gasteiger partial charge in [0.2, 0.25) is 5.91 Å². The van der Waals surface area contributed by atoms with E-state index >= 15 is 0 Å². The van der Waals surface area contributed by atoms with E-state index in [0.29, 0.717) is 19.4 Å². The smallest absolute Gasteiger partial charge is 0.340 e. The number of hydrogen-bond acceptors (Lipinski definition) is 5. The number of hydrogen-bond donors (Lipinski definition) is 2. The maximum Gasteiger partial charge on any atom is 0.340 e. The molecule has 2 amide bonds. The molecule has 0 saturated carbocycles. The summed E-state index contributed by atoms with van der Waals surface area (Å²) in [6, 6.07) is 2.72. The average Bonchev–Trinajstić information content (AvgIpc) is 2.55. The van der Waals surface area contributed by atoms with Crippen LogP contribution in [0.5, 0.6) is 0 Å². The van der Waals surface area contributed by atoms with Crippen LogP contribution >= 0.6 is 23.2 Å². The monoisotopic (exact) mass is 373 g/mol. The molecule has 0 spiro atoms. The molecule has 7 nitrogen and oxygen atoms in total. The third-order valence-corrected chi connectivity index (χ3v) is 4.35. The Hall–Kier alpha value is -1.99. The van der Waals surface area contributed by atoms with Gasteiger partial charge < -0.3 is 21.1 Å². The minimum absolute atomic E-state index is 0.00560. The molecule has 0 aliphatic carbocycles. The van der Waals surface area contributed by atoms with E-state index in [1.807, 2.05) is 0 Å². The normalized spacial score (nSPS) is 17.4. The molecule has 1 fully saturated rings. The summed E-state index contributed by atoms with van der Waals surface area (Å²) in [6.07, 6.45) is 1.32. The van der Waals surface area contributed by atoms with Gasteiger partial charge in [0.05, 0.1) is 22.2 Å². The lowest BCUT2D eigenvalue weighted by Gasteiger charge is -2.31. The fourth-order valence-electron chi connectivity index (χ4n) is 2.49. The second-order valence-corrected chi connectivity index (χ2v) is 6.35. The number of rotatable bonds is 4. The van der Waals surface area contributed by atoms with E-state index in [2.05, 4.69) is 0 Å². The third-order valence-electron chi connectivity index (χ3n) is 3.82. The third kappa shape index (κ3) is 4.30. The highest BCUT2D eigenvalue weighted by Gasteiger charge is 2.27. The molecule has 4 N–H and O–H groups in total. The Bertz CT molecular complexity index is 681. The molecule has 0 aromatic heterocycles. The molecule has 1 saturated heterocycles. The predicted octanol–water partition coefficient (Wildman–Crippen LogP) is 1.46. The minimum Gasteiger partial charge on any atom is -0.452 e. The summed E-state index contributed by atoms with van der Waals surface area (Å²) < 4.78 is 4.99. The van der Waals surface area contributed by atoms with Gasteiger partial charge in [-0.1, -0.05) is 23.2 Å². The summed E-state index contributed by atoms with van der Waals surface area (Å²) in [5.74, 6) is -2.01. The van der Waals surface area contributed by atoms with Crippen LogP contribution in [-0.4, -0.2) is 42.4 Å². The molecule has 0 radical (unpaired) electrons. The zero-order chi connectivity index (χ0) is 17.9. The average molecular weight is 374 g/mol. The second kappa shape index (κ2) is 7.72. The number of benzene rings is 1. The predicted molar refractivity (Wildman–Crippen MR) is 89.7 cm³/mol. The van der Waals surface area contributed by atoms with Crippen molar-refractivity contribution in [3.63, 3.8) is 0 Å². The Morgan fingerprint density at radius 3 is 2.67 bits per heavy atom. The lowest BCUT2D eigenvalue weighted by molar-refractivity contribution is -0.137. The number of likely N-dealkylation sites (tertiary alicyclic amines) is 1. The molecular formula is C15H17Cl2N3O4. The van der Waals surface area contributed by atoms with E-state index < -0.39 is 24.4 Å². The van der Waals surface area contributed by atoms with Crippen molar-refractivity contribution < 1.29 is 19.1 Å². The summed E-state index contributed by atoms with van der Waals surface area (Å²) in [7, 11) is 0. The van der Waals surface area contributed by atoms with Crippen LogP contribution in [-0.2, 0) is 14.3 Å². The van der Waals surface area contributed by atoms with Gasteiger partial charge in [-0.15, -0.1) is 0 Å². The summed E-state index contributed by atoms with van der Waals surface area (Å²) in [4.78, 5) is 36.9. The number of ether oxygens (including phenoxy) is 1. The minimum atomic E-state index is -0.797. The molecule has 1 aliphatic heterocycles. The molecule has 1 heterocycles. The number of amides is 2. The van der Waals surface area contributed by atoms with Gasteiger partial charge in [-0.25, -0.2) is 4.79 Å². The summed E-state index contributed by atoms with van der Waals surface area (Å²) >= 11 is 11.7. The van der Waals surface area contributed by atoms with E-state index in [-0.39, 0.29) is 33.8 Å². The Kier molecular flexibility index (Phi) is 5.90. The number of nitrogen functional groups attached to an aromatic ring is 1. The SMILES string of the molecule is NC(=O)[C@@H]1CCCN(C(=O)COC(=O)c2cc(Cl)cc(Cl)c2N)C1. The van der Waals surface area contributed by atoms with Crippen LogP contribution in [0.25, 0.3) is 0 Å². The Labute approximate surface area is 148 Å². The maximum atomic E-state index is 12.1. The lowest BCUT2D eigenvalue weighted by Crippen LogP contribution is -2.45. The molecule has 2 rings (SSSR count). The highest BCUT2D eigenvalue weighted by Crippen LogP contribution is 2.28. The summed E-state index contributed by atoms with van der Waals surface area (Å²) in [5.41, 5.74) is 11.0. The highest BCUT2D eigenvalue weighted by atomic mass is 35.5. The van der Waals surface area contributed by atoms with Gasteiger partial charge in [-0.05, 0) is 25.0 Å². The van der Waals surface area contributed by atoms with Gasteiger partial charge in [-0.3, -0.25) is 9.59 Å². The molecule has 1 aliphatic rings. The first-order valence-corrected chi connectivity index (χ1v) is 8.04. The van der Waals surface area contributed by atoms with E-state index in [9.17, 15) is 14.4 Å². The van der Waals surface area contributed by atoms with Crippen molar-refractivity contribution in [1.29, 1.82) is 0 Å². The number of primary amides is 1. The van der Waals surface area contributed by atoms with Gasteiger partial charge >= 0.3 is 5.97 Å². The van der Waals surface area contributed by atoms with Gasteiger partial charge in [0.15, 0.2) is 6.61 Å². The molecule has 130 valence electrons. The van der Waals surface area contributed by atoms with Crippen molar-refractivity contribution in [2.75, 3.05) is 25.4 Å². The Morgan fingerprint density at radius 1 is 1.29 bits per heavy atom. The van der Waals surface area contributed by atoms with Crippen molar-refractivity contribution in [2.24, 2.45) is 11.7 Å². The molecule has 9 heteroatoms. The molecule has 0 unspecified atom stereocenters. The first-order chi connectivity index (χ1) is 11.3. The quantitative estimate of drug-likeness (QED) is 0.611. The number of carbonyl (C=O) groups excluding carboxylic acids is 3. The molecule has 1 atom stereocenters. The number of piperidine rings is 1. The van der Waals surface area contributed by atoms with Gasteiger partial charge in [0.25, 0.3) is 5.91 Å². The highest BCUT2D eigenvalue weighted by molar-refractivity contribution is 6.37.